The first-order valence-electron chi connectivity index (χ1n) is 6.31. The standard InChI is InChI=1S/C11H18N2O7S/c1-18-4-3-8-5-9-6-12(10(8)7-19-2)11(14)13(9)20-21(15,16)17/h5,9-10H,3-4,6-7H2,1-2H3,(H,15,16,17)/p-1/t9-,10-/m1/s1. The molecule has 21 heavy (non-hydrogen) atoms. The summed E-state index contributed by atoms with van der Waals surface area (Å²) >= 11 is 0. The van der Waals surface area contributed by atoms with E-state index in [-0.39, 0.29) is 19.2 Å². The molecule has 0 spiro atoms. The molecular weight excluding hydrogens is 304 g/mol. The average Bonchev–Trinajstić information content (AvgIpc) is 2.64. The number of hydroxylamine groups is 2. The van der Waals surface area contributed by atoms with Gasteiger partial charge in [-0.15, -0.1) is 0 Å². The van der Waals surface area contributed by atoms with Gasteiger partial charge < -0.3 is 18.9 Å². The quantitative estimate of drug-likeness (QED) is 0.352. The van der Waals surface area contributed by atoms with Gasteiger partial charge in [0.2, 0.25) is 10.4 Å². The molecule has 0 aliphatic carbocycles. The Morgan fingerprint density at radius 2 is 2.10 bits per heavy atom. The van der Waals surface area contributed by atoms with Crippen molar-refractivity contribution in [2.75, 3.05) is 34.0 Å². The number of carbonyl (C=O) groups excluding carboxylic acids is 1. The molecule has 0 radical (unpaired) electrons. The lowest BCUT2D eigenvalue weighted by Crippen LogP contribution is -2.43. The van der Waals surface area contributed by atoms with Crippen molar-refractivity contribution >= 4 is 16.4 Å². The highest BCUT2D eigenvalue weighted by Crippen LogP contribution is 2.31. The second-order valence-electron chi connectivity index (χ2n) is 4.77. The van der Waals surface area contributed by atoms with Crippen LogP contribution < -0.4 is 0 Å². The number of hydrogen-bond acceptors (Lipinski definition) is 7. The normalized spacial score (nSPS) is 25.5. The topological polar surface area (TPSA) is 108 Å². The van der Waals surface area contributed by atoms with Crippen molar-refractivity contribution in [2.45, 2.75) is 18.5 Å². The Hall–Kier alpha value is -1.20. The summed E-state index contributed by atoms with van der Waals surface area (Å²) in [5.41, 5.74) is 0.887. The number of carbonyl (C=O) groups is 1. The summed E-state index contributed by atoms with van der Waals surface area (Å²) in [5.74, 6) is 0. The molecule has 120 valence electrons. The molecule has 0 aromatic heterocycles. The van der Waals surface area contributed by atoms with Crippen molar-refractivity contribution in [3.05, 3.63) is 11.6 Å². The molecule has 2 atom stereocenters. The number of fused-ring (bicyclic) bond motifs is 2. The summed E-state index contributed by atoms with van der Waals surface area (Å²) in [4.78, 5) is 13.6. The van der Waals surface area contributed by atoms with Gasteiger partial charge >= 0.3 is 6.03 Å². The van der Waals surface area contributed by atoms with E-state index in [1.165, 1.54) is 12.0 Å². The van der Waals surface area contributed by atoms with Crippen LogP contribution in [-0.4, -0.2) is 75.0 Å². The lowest BCUT2D eigenvalue weighted by Gasteiger charge is -2.31. The zero-order valence-corrected chi connectivity index (χ0v) is 12.5. The van der Waals surface area contributed by atoms with Crippen molar-refractivity contribution < 1.29 is 31.5 Å². The number of rotatable bonds is 7. The summed E-state index contributed by atoms with van der Waals surface area (Å²) in [6.45, 7) is 0.979. The first-order chi connectivity index (χ1) is 9.87. The van der Waals surface area contributed by atoms with Crippen LogP contribution in [-0.2, 0) is 24.2 Å². The van der Waals surface area contributed by atoms with Gasteiger partial charge in [0.15, 0.2) is 0 Å². The number of urea groups is 1. The van der Waals surface area contributed by atoms with Crippen LogP contribution in [0.5, 0.6) is 0 Å². The van der Waals surface area contributed by atoms with Gasteiger partial charge in [0.25, 0.3) is 0 Å². The van der Waals surface area contributed by atoms with E-state index in [1.54, 1.807) is 13.2 Å². The Bertz CT molecular complexity index is 533. The molecular formula is C11H17N2O7S-. The Balaban J connectivity index is 2.24. The van der Waals surface area contributed by atoms with Crippen molar-refractivity contribution in [2.24, 2.45) is 0 Å². The third kappa shape index (κ3) is 3.52. The van der Waals surface area contributed by atoms with E-state index in [9.17, 15) is 17.8 Å². The minimum atomic E-state index is -5.00. The molecule has 2 amide bonds. The van der Waals surface area contributed by atoms with E-state index >= 15 is 0 Å². The van der Waals surface area contributed by atoms with Crippen LogP contribution in [0.4, 0.5) is 4.79 Å². The van der Waals surface area contributed by atoms with Gasteiger partial charge in [0, 0.05) is 27.4 Å². The maximum atomic E-state index is 12.2. The molecule has 9 nitrogen and oxygen atoms in total. The molecule has 2 aliphatic heterocycles. The number of methoxy groups -OCH3 is 2. The number of nitrogens with zero attached hydrogens (tertiary/aromatic N) is 2. The molecule has 2 bridgehead atoms. The number of ether oxygens (including phenoxy) is 2. The molecule has 0 N–H and O–H groups in total. The van der Waals surface area contributed by atoms with Crippen molar-refractivity contribution in [1.82, 2.24) is 9.96 Å². The predicted molar refractivity (Wildman–Crippen MR) is 68.8 cm³/mol. The molecule has 2 aliphatic rings. The summed E-state index contributed by atoms with van der Waals surface area (Å²) in [5, 5.41) is 0.602. The average molecular weight is 321 g/mol. The second kappa shape index (κ2) is 6.28. The highest BCUT2D eigenvalue weighted by Gasteiger charge is 2.46. The largest absolute Gasteiger partial charge is 0.724 e. The fourth-order valence-electron chi connectivity index (χ4n) is 2.57. The Morgan fingerprint density at radius 3 is 2.67 bits per heavy atom. The van der Waals surface area contributed by atoms with Crippen LogP contribution in [0.3, 0.4) is 0 Å². The lowest BCUT2D eigenvalue weighted by atomic mass is 9.97. The Morgan fingerprint density at radius 1 is 1.38 bits per heavy atom. The zero-order chi connectivity index (χ0) is 15.6. The van der Waals surface area contributed by atoms with Crippen LogP contribution in [0, 0.1) is 0 Å². The van der Waals surface area contributed by atoms with Gasteiger partial charge in [-0.25, -0.2) is 13.2 Å². The summed E-state index contributed by atoms with van der Waals surface area (Å²) in [6, 6.07) is -1.59. The molecule has 10 heteroatoms. The third-order valence-corrected chi connectivity index (χ3v) is 3.76. The van der Waals surface area contributed by atoms with E-state index in [1.807, 2.05) is 0 Å². The number of hydrogen-bond donors (Lipinski definition) is 0. The maximum absolute atomic E-state index is 12.2. The van der Waals surface area contributed by atoms with Crippen molar-refractivity contribution in [3.63, 3.8) is 0 Å². The van der Waals surface area contributed by atoms with Crippen LogP contribution in [0.2, 0.25) is 0 Å². The van der Waals surface area contributed by atoms with E-state index in [0.717, 1.165) is 5.57 Å². The van der Waals surface area contributed by atoms with Gasteiger partial charge in [-0.3, -0.25) is 0 Å². The van der Waals surface area contributed by atoms with Crippen molar-refractivity contribution in [3.8, 4) is 0 Å². The molecule has 0 aromatic rings. The minimum absolute atomic E-state index is 0.249. The molecule has 0 unspecified atom stereocenters. The minimum Gasteiger partial charge on any atom is -0.724 e. The summed E-state index contributed by atoms with van der Waals surface area (Å²) in [6.07, 6.45) is 2.30. The highest BCUT2D eigenvalue weighted by molar-refractivity contribution is 7.80. The second-order valence-corrected chi connectivity index (χ2v) is 5.73. The maximum Gasteiger partial charge on any atom is 0.346 e. The summed E-state index contributed by atoms with van der Waals surface area (Å²) < 4.78 is 46.6. The van der Waals surface area contributed by atoms with E-state index in [4.69, 9.17) is 9.47 Å². The molecule has 0 aromatic carbocycles. The first-order valence-corrected chi connectivity index (χ1v) is 7.64. The van der Waals surface area contributed by atoms with Crippen molar-refractivity contribution in [1.29, 1.82) is 0 Å². The van der Waals surface area contributed by atoms with Gasteiger partial charge in [-0.1, -0.05) is 6.08 Å². The highest BCUT2D eigenvalue weighted by atomic mass is 32.3. The third-order valence-electron chi connectivity index (χ3n) is 3.42. The van der Waals surface area contributed by atoms with Gasteiger partial charge in [-0.2, -0.15) is 9.35 Å². The van der Waals surface area contributed by atoms with Gasteiger partial charge in [0.1, 0.15) is 0 Å². The SMILES string of the molecule is COCCC1=C[C@@H]2CN(C(=O)N2OS(=O)(=O)[O-])[C@@H]1COC. The monoisotopic (exact) mass is 321 g/mol. The van der Waals surface area contributed by atoms with Gasteiger partial charge in [-0.05, 0) is 12.0 Å². The molecule has 0 saturated carbocycles. The first kappa shape index (κ1) is 16.2. The molecule has 2 rings (SSSR count). The molecule has 2 heterocycles. The van der Waals surface area contributed by atoms with Gasteiger partial charge in [0.05, 0.1) is 18.7 Å². The fraction of sp³-hybridized carbons (Fsp3) is 0.727. The smallest absolute Gasteiger partial charge is 0.346 e. The van der Waals surface area contributed by atoms with Crippen LogP contribution in [0.15, 0.2) is 11.6 Å². The fourth-order valence-corrected chi connectivity index (χ4v) is 2.94. The Kier molecular flexibility index (Phi) is 4.84. The van der Waals surface area contributed by atoms with E-state index in [0.29, 0.717) is 18.1 Å². The molecule has 1 fully saturated rings. The van der Waals surface area contributed by atoms with E-state index < -0.39 is 22.5 Å². The molecule has 1 saturated heterocycles. The predicted octanol–water partition coefficient (Wildman–Crippen LogP) is -0.524. The number of amides is 2. The van der Waals surface area contributed by atoms with Crippen LogP contribution >= 0.6 is 0 Å². The summed E-state index contributed by atoms with van der Waals surface area (Å²) in [7, 11) is -1.93. The Labute approximate surface area is 123 Å². The lowest BCUT2D eigenvalue weighted by molar-refractivity contribution is -0.0199. The van der Waals surface area contributed by atoms with E-state index in [2.05, 4.69) is 4.28 Å². The van der Waals surface area contributed by atoms with Crippen LogP contribution in [0.1, 0.15) is 6.42 Å². The zero-order valence-electron chi connectivity index (χ0n) is 11.7. The van der Waals surface area contributed by atoms with Crippen LogP contribution in [0.25, 0.3) is 0 Å².